The average Bonchev–Trinajstić information content (AvgIpc) is 2.29. The molecular weight excluding hydrogens is 208 g/mol. The molecule has 4 N–H and O–H groups in total. The maximum Gasteiger partial charge on any atom is 0.228 e. The number of nitrogens with two attached hydrogens (primary N) is 1. The van der Waals surface area contributed by atoms with Gasteiger partial charge in [-0.15, -0.1) is 0 Å². The summed E-state index contributed by atoms with van der Waals surface area (Å²) in [5, 5.41) is 10.8. The molecule has 1 spiro atoms. The minimum atomic E-state index is -0.461. The molecule has 0 unspecified atom stereocenters. The largest absolute Gasteiger partial charge is 0.396 e. The van der Waals surface area contributed by atoms with Gasteiger partial charge in [-0.25, -0.2) is 0 Å². The number of carbonyl (C=O) groups excluding carboxylic acids is 2. The fraction of sp³-hybridized carbons (Fsp3) is 0.818. The van der Waals surface area contributed by atoms with Gasteiger partial charge in [0.1, 0.15) is 0 Å². The maximum atomic E-state index is 11.1. The summed E-state index contributed by atoms with van der Waals surface area (Å²) in [7, 11) is 0. The molecule has 0 aromatic heterocycles. The topological polar surface area (TPSA) is 92.4 Å². The zero-order chi connectivity index (χ0) is 12.0. The van der Waals surface area contributed by atoms with Crippen LogP contribution in [0.2, 0.25) is 0 Å². The van der Waals surface area contributed by atoms with Crippen LogP contribution in [0.1, 0.15) is 38.5 Å². The highest BCUT2D eigenvalue weighted by molar-refractivity contribution is 5.88. The normalized spacial score (nSPS) is 21.4. The summed E-state index contributed by atoms with van der Waals surface area (Å²) in [6, 6.07) is 0. The molecule has 2 aliphatic rings. The Hall–Kier alpha value is -1.10. The highest BCUT2D eigenvalue weighted by atomic mass is 16.3. The van der Waals surface area contributed by atoms with E-state index >= 15 is 0 Å². The lowest BCUT2D eigenvalue weighted by atomic mass is 9.69. The van der Waals surface area contributed by atoms with Gasteiger partial charge in [0.25, 0.3) is 0 Å². The van der Waals surface area contributed by atoms with Gasteiger partial charge in [0.05, 0.1) is 12.0 Å². The molecule has 2 rings (SSSR count). The highest BCUT2D eigenvalue weighted by Crippen LogP contribution is 2.39. The summed E-state index contributed by atoms with van der Waals surface area (Å²) in [6.07, 6.45) is 6.19. The predicted octanol–water partition coefficient (Wildman–Crippen LogP) is -0.0792. The first-order valence-electron chi connectivity index (χ1n) is 5.78. The SMILES string of the molecule is NC(=O)CCO.O=C1NCC12CCCCC2. The van der Waals surface area contributed by atoms with Crippen molar-refractivity contribution >= 4 is 11.8 Å². The molecule has 1 aliphatic heterocycles. The predicted molar refractivity (Wildman–Crippen MR) is 59.4 cm³/mol. The monoisotopic (exact) mass is 228 g/mol. The number of aliphatic hydroxyl groups excluding tert-OH is 1. The van der Waals surface area contributed by atoms with Gasteiger partial charge in [0.15, 0.2) is 0 Å². The van der Waals surface area contributed by atoms with Gasteiger partial charge < -0.3 is 16.2 Å². The molecule has 1 heterocycles. The molecule has 0 aromatic carbocycles. The molecule has 5 heteroatoms. The lowest BCUT2D eigenvalue weighted by Gasteiger charge is -2.43. The first-order valence-corrected chi connectivity index (χ1v) is 5.78. The summed E-state index contributed by atoms with van der Waals surface area (Å²) in [4.78, 5) is 20.8. The Balaban J connectivity index is 0.000000187. The second-order valence-corrected chi connectivity index (χ2v) is 4.46. The van der Waals surface area contributed by atoms with E-state index in [1.54, 1.807) is 0 Å². The lowest BCUT2D eigenvalue weighted by Crippen LogP contribution is -2.59. The van der Waals surface area contributed by atoms with Crippen LogP contribution in [0.4, 0.5) is 0 Å². The van der Waals surface area contributed by atoms with Crippen LogP contribution in [0.5, 0.6) is 0 Å². The van der Waals surface area contributed by atoms with Crippen molar-refractivity contribution in [1.29, 1.82) is 0 Å². The van der Waals surface area contributed by atoms with E-state index in [4.69, 9.17) is 5.11 Å². The molecule has 0 aromatic rings. The molecule has 2 amide bonds. The van der Waals surface area contributed by atoms with Crippen LogP contribution in [0.25, 0.3) is 0 Å². The Labute approximate surface area is 95.4 Å². The third-order valence-corrected chi connectivity index (χ3v) is 3.24. The fourth-order valence-corrected chi connectivity index (χ4v) is 2.15. The van der Waals surface area contributed by atoms with E-state index in [2.05, 4.69) is 11.1 Å². The van der Waals surface area contributed by atoms with E-state index < -0.39 is 5.91 Å². The van der Waals surface area contributed by atoms with Crippen molar-refractivity contribution in [2.75, 3.05) is 13.2 Å². The van der Waals surface area contributed by atoms with Crippen LogP contribution in [0.3, 0.4) is 0 Å². The van der Waals surface area contributed by atoms with Gasteiger partial charge in [-0.2, -0.15) is 0 Å². The van der Waals surface area contributed by atoms with Crippen molar-refractivity contribution in [3.05, 3.63) is 0 Å². The summed E-state index contributed by atoms with van der Waals surface area (Å²) < 4.78 is 0. The quantitative estimate of drug-likeness (QED) is 0.577. The van der Waals surface area contributed by atoms with Crippen LogP contribution < -0.4 is 11.1 Å². The number of primary amides is 1. The summed E-state index contributed by atoms with van der Waals surface area (Å²) >= 11 is 0. The van der Waals surface area contributed by atoms with Crippen molar-refractivity contribution in [3.63, 3.8) is 0 Å². The summed E-state index contributed by atoms with van der Waals surface area (Å²) in [5.41, 5.74) is 4.71. The molecule has 5 nitrogen and oxygen atoms in total. The second kappa shape index (κ2) is 5.84. The number of carbonyl (C=O) groups is 2. The number of β-lactam (4-membered cyclic amide) rings is 1. The third-order valence-electron chi connectivity index (χ3n) is 3.24. The van der Waals surface area contributed by atoms with Gasteiger partial charge >= 0.3 is 0 Å². The van der Waals surface area contributed by atoms with Crippen LogP contribution in [-0.4, -0.2) is 30.1 Å². The third kappa shape index (κ3) is 3.20. The molecule has 1 aliphatic carbocycles. The molecule has 0 bridgehead atoms. The molecule has 2 fully saturated rings. The van der Waals surface area contributed by atoms with Gasteiger partial charge in [0, 0.05) is 13.0 Å². The first-order chi connectivity index (χ1) is 7.60. The molecule has 0 atom stereocenters. The van der Waals surface area contributed by atoms with Gasteiger partial charge in [0.2, 0.25) is 11.8 Å². The van der Waals surface area contributed by atoms with E-state index in [9.17, 15) is 9.59 Å². The number of hydrogen-bond donors (Lipinski definition) is 3. The Morgan fingerprint density at radius 3 is 2.19 bits per heavy atom. The number of nitrogens with one attached hydrogen (secondary N) is 1. The maximum absolute atomic E-state index is 11.1. The lowest BCUT2D eigenvalue weighted by molar-refractivity contribution is -0.142. The van der Waals surface area contributed by atoms with E-state index in [1.165, 1.54) is 19.3 Å². The zero-order valence-electron chi connectivity index (χ0n) is 9.50. The van der Waals surface area contributed by atoms with Crippen molar-refractivity contribution in [2.24, 2.45) is 11.1 Å². The standard InChI is InChI=1S/C8H13NO.C3H7NO2/c10-7-8(6-9-7)4-2-1-3-5-8;4-3(6)1-2-5/h1-6H2,(H,9,10);5H,1-2H2,(H2,4,6). The molecule has 1 saturated carbocycles. The molecule has 1 saturated heterocycles. The number of amides is 2. The molecule has 16 heavy (non-hydrogen) atoms. The average molecular weight is 228 g/mol. The Kier molecular flexibility index (Phi) is 4.73. The Morgan fingerprint density at radius 2 is 2.00 bits per heavy atom. The van der Waals surface area contributed by atoms with E-state index in [-0.39, 0.29) is 18.4 Å². The fourth-order valence-electron chi connectivity index (χ4n) is 2.15. The smallest absolute Gasteiger partial charge is 0.228 e. The highest BCUT2D eigenvalue weighted by Gasteiger charge is 2.46. The Bertz CT molecular complexity index is 260. The Morgan fingerprint density at radius 1 is 1.38 bits per heavy atom. The number of aliphatic hydroxyl groups is 1. The number of rotatable bonds is 2. The number of hydrogen-bond acceptors (Lipinski definition) is 3. The molecule has 0 radical (unpaired) electrons. The molecule has 92 valence electrons. The van der Waals surface area contributed by atoms with Crippen LogP contribution in [0, 0.1) is 5.41 Å². The summed E-state index contributed by atoms with van der Waals surface area (Å²) in [5.74, 6) is -0.148. The van der Waals surface area contributed by atoms with Gasteiger partial charge in [-0.05, 0) is 12.8 Å². The minimum Gasteiger partial charge on any atom is -0.396 e. The minimum absolute atomic E-state index is 0.0694. The van der Waals surface area contributed by atoms with Crippen LogP contribution in [-0.2, 0) is 9.59 Å². The zero-order valence-corrected chi connectivity index (χ0v) is 9.50. The summed E-state index contributed by atoms with van der Waals surface area (Å²) in [6.45, 7) is 0.807. The van der Waals surface area contributed by atoms with Gasteiger partial charge in [-0.3, -0.25) is 9.59 Å². The van der Waals surface area contributed by atoms with Crippen molar-refractivity contribution < 1.29 is 14.7 Å². The van der Waals surface area contributed by atoms with Crippen LogP contribution >= 0.6 is 0 Å². The van der Waals surface area contributed by atoms with Crippen LogP contribution in [0.15, 0.2) is 0 Å². The van der Waals surface area contributed by atoms with Crippen molar-refractivity contribution in [3.8, 4) is 0 Å². The van der Waals surface area contributed by atoms with E-state index in [0.717, 1.165) is 19.4 Å². The first kappa shape index (κ1) is 13.0. The van der Waals surface area contributed by atoms with E-state index in [0.29, 0.717) is 5.91 Å². The van der Waals surface area contributed by atoms with Gasteiger partial charge in [-0.1, -0.05) is 19.3 Å². The van der Waals surface area contributed by atoms with E-state index in [1.807, 2.05) is 0 Å². The van der Waals surface area contributed by atoms with Crippen molar-refractivity contribution in [2.45, 2.75) is 38.5 Å². The van der Waals surface area contributed by atoms with Crippen molar-refractivity contribution in [1.82, 2.24) is 5.32 Å². The second-order valence-electron chi connectivity index (χ2n) is 4.46. The molecular formula is C11H20N2O3.